The van der Waals surface area contributed by atoms with Gasteiger partial charge in [0.1, 0.15) is 5.00 Å². The molecular formula is C24H29N3OS2. The molecule has 158 valence electrons. The minimum absolute atomic E-state index is 0.0427. The molecular weight excluding hydrogens is 410 g/mol. The lowest BCUT2D eigenvalue weighted by Gasteiger charge is -2.39. The zero-order valence-corrected chi connectivity index (χ0v) is 19.5. The van der Waals surface area contributed by atoms with Crippen molar-refractivity contribution in [3.63, 3.8) is 0 Å². The van der Waals surface area contributed by atoms with Gasteiger partial charge in [-0.15, -0.1) is 22.7 Å². The molecule has 1 saturated heterocycles. The van der Waals surface area contributed by atoms with E-state index in [1.807, 2.05) is 30.3 Å². The van der Waals surface area contributed by atoms with Crippen molar-refractivity contribution in [2.45, 2.75) is 26.8 Å². The zero-order chi connectivity index (χ0) is 21.1. The van der Waals surface area contributed by atoms with E-state index in [1.165, 1.54) is 20.9 Å². The Morgan fingerprint density at radius 3 is 2.43 bits per heavy atom. The molecule has 0 unspecified atom stereocenters. The molecule has 1 fully saturated rings. The third-order valence-corrected chi connectivity index (χ3v) is 8.06. The number of carbonyl (C=O) groups is 1. The van der Waals surface area contributed by atoms with Crippen LogP contribution in [0.1, 0.15) is 44.2 Å². The van der Waals surface area contributed by atoms with Crippen LogP contribution in [0.15, 0.2) is 47.8 Å². The number of benzene rings is 1. The second-order valence-electron chi connectivity index (χ2n) is 7.73. The second-order valence-corrected chi connectivity index (χ2v) is 9.94. The molecule has 4 rings (SSSR count). The van der Waals surface area contributed by atoms with Crippen LogP contribution in [0.5, 0.6) is 0 Å². The van der Waals surface area contributed by atoms with Crippen LogP contribution in [-0.4, -0.2) is 48.4 Å². The van der Waals surface area contributed by atoms with Gasteiger partial charge in [0, 0.05) is 47.1 Å². The molecule has 2 aromatic heterocycles. The van der Waals surface area contributed by atoms with Gasteiger partial charge < -0.3 is 10.2 Å². The van der Waals surface area contributed by atoms with Crippen LogP contribution in [0.2, 0.25) is 0 Å². The van der Waals surface area contributed by atoms with Gasteiger partial charge in [0.15, 0.2) is 0 Å². The minimum atomic E-state index is -0.0427. The van der Waals surface area contributed by atoms with Gasteiger partial charge in [-0.05, 0) is 49.5 Å². The summed E-state index contributed by atoms with van der Waals surface area (Å²) in [6.07, 6.45) is 0. The van der Waals surface area contributed by atoms with Crippen LogP contribution in [0, 0.1) is 13.8 Å². The van der Waals surface area contributed by atoms with Gasteiger partial charge in [-0.3, -0.25) is 9.69 Å². The molecule has 1 aromatic carbocycles. The molecule has 1 amide bonds. The van der Waals surface area contributed by atoms with E-state index in [9.17, 15) is 4.79 Å². The van der Waals surface area contributed by atoms with Crippen molar-refractivity contribution in [3.05, 3.63) is 74.3 Å². The van der Waals surface area contributed by atoms with Crippen molar-refractivity contribution >= 4 is 33.6 Å². The number of nitrogens with zero attached hydrogens (tertiary/aromatic N) is 2. The van der Waals surface area contributed by atoms with Crippen LogP contribution < -0.4 is 5.32 Å². The monoisotopic (exact) mass is 439 g/mol. The maximum Gasteiger partial charge on any atom is 0.256 e. The highest BCUT2D eigenvalue weighted by Crippen LogP contribution is 2.43. The SMILES string of the molecule is CCN1CCN([C@@H](c2cccs2)c2c(NC(=O)c3ccccc3)sc(C)c2C)CC1. The fraction of sp³-hybridized carbons (Fsp3) is 0.375. The second kappa shape index (κ2) is 9.43. The van der Waals surface area contributed by atoms with Gasteiger partial charge in [0.25, 0.3) is 5.91 Å². The molecule has 1 atom stereocenters. The Bertz CT molecular complexity index is 974. The van der Waals surface area contributed by atoms with Crippen LogP contribution in [0.25, 0.3) is 0 Å². The van der Waals surface area contributed by atoms with Gasteiger partial charge >= 0.3 is 0 Å². The highest BCUT2D eigenvalue weighted by atomic mass is 32.1. The quantitative estimate of drug-likeness (QED) is 0.558. The molecule has 1 aliphatic heterocycles. The number of carbonyl (C=O) groups excluding carboxylic acids is 1. The molecule has 1 N–H and O–H groups in total. The van der Waals surface area contributed by atoms with Crippen molar-refractivity contribution in [2.75, 3.05) is 38.0 Å². The Kier molecular flexibility index (Phi) is 6.68. The average molecular weight is 440 g/mol. The first-order valence-corrected chi connectivity index (χ1v) is 12.2. The molecule has 0 aliphatic carbocycles. The molecule has 6 heteroatoms. The van der Waals surface area contributed by atoms with Crippen LogP contribution in [0.4, 0.5) is 5.00 Å². The molecule has 1 aliphatic rings. The number of anilines is 1. The van der Waals surface area contributed by atoms with Crippen LogP contribution in [0.3, 0.4) is 0 Å². The number of rotatable bonds is 6. The van der Waals surface area contributed by atoms with Crippen LogP contribution >= 0.6 is 22.7 Å². The van der Waals surface area contributed by atoms with E-state index in [0.717, 1.165) is 37.7 Å². The molecule has 0 bridgehead atoms. The third kappa shape index (κ3) is 4.37. The van der Waals surface area contributed by atoms with Crippen molar-refractivity contribution in [3.8, 4) is 0 Å². The van der Waals surface area contributed by atoms with E-state index < -0.39 is 0 Å². The van der Waals surface area contributed by atoms with Gasteiger partial charge in [-0.1, -0.05) is 31.2 Å². The highest BCUT2D eigenvalue weighted by Gasteiger charge is 2.31. The molecule has 0 saturated carbocycles. The minimum Gasteiger partial charge on any atom is -0.313 e. The van der Waals surface area contributed by atoms with Crippen molar-refractivity contribution < 1.29 is 4.79 Å². The third-order valence-electron chi connectivity index (χ3n) is 6.00. The molecule has 0 radical (unpaired) electrons. The summed E-state index contributed by atoms with van der Waals surface area (Å²) >= 11 is 3.50. The van der Waals surface area contributed by atoms with E-state index in [-0.39, 0.29) is 11.9 Å². The van der Waals surface area contributed by atoms with E-state index in [4.69, 9.17) is 0 Å². The van der Waals surface area contributed by atoms with Gasteiger partial charge in [-0.25, -0.2) is 0 Å². The highest BCUT2D eigenvalue weighted by molar-refractivity contribution is 7.16. The summed E-state index contributed by atoms with van der Waals surface area (Å²) in [5, 5.41) is 6.37. The number of hydrogen-bond donors (Lipinski definition) is 1. The van der Waals surface area contributed by atoms with Crippen molar-refractivity contribution in [1.29, 1.82) is 0 Å². The molecule has 0 spiro atoms. The van der Waals surface area contributed by atoms with Gasteiger partial charge in [0.2, 0.25) is 0 Å². The Labute approximate surface area is 187 Å². The number of nitrogens with one attached hydrogen (secondary N) is 1. The van der Waals surface area contributed by atoms with E-state index >= 15 is 0 Å². The maximum atomic E-state index is 12.9. The summed E-state index contributed by atoms with van der Waals surface area (Å²) < 4.78 is 0. The zero-order valence-electron chi connectivity index (χ0n) is 17.9. The number of piperazine rings is 1. The maximum absolute atomic E-state index is 12.9. The summed E-state index contributed by atoms with van der Waals surface area (Å²) in [6.45, 7) is 11.9. The largest absolute Gasteiger partial charge is 0.313 e. The average Bonchev–Trinajstić information content (AvgIpc) is 3.40. The molecule has 3 heterocycles. The smallest absolute Gasteiger partial charge is 0.256 e. The Morgan fingerprint density at radius 2 is 1.80 bits per heavy atom. The summed E-state index contributed by atoms with van der Waals surface area (Å²) in [5.41, 5.74) is 3.24. The predicted octanol–water partition coefficient (Wildman–Crippen LogP) is 5.41. The fourth-order valence-corrected chi connectivity index (χ4v) is 6.08. The number of thiophene rings is 2. The number of likely N-dealkylation sites (N-methyl/N-ethyl adjacent to an activating group) is 1. The fourth-order valence-electron chi connectivity index (χ4n) is 4.12. The normalized spacial score (nSPS) is 16.5. The first kappa shape index (κ1) is 21.2. The molecule has 3 aromatic rings. The Hall–Kier alpha value is -1.99. The van der Waals surface area contributed by atoms with Gasteiger partial charge in [0.05, 0.1) is 6.04 Å². The van der Waals surface area contributed by atoms with Gasteiger partial charge in [-0.2, -0.15) is 0 Å². The number of amides is 1. The molecule has 4 nitrogen and oxygen atoms in total. The van der Waals surface area contributed by atoms with Crippen LogP contribution in [-0.2, 0) is 0 Å². The van der Waals surface area contributed by atoms with Crippen molar-refractivity contribution in [2.24, 2.45) is 0 Å². The Balaban J connectivity index is 1.69. The standard InChI is InChI=1S/C24H29N3OS2/c1-4-26-12-14-27(15-13-26)22(20-11-8-16-29-20)21-17(2)18(3)30-24(21)25-23(28)19-9-6-5-7-10-19/h5-11,16,22H,4,12-15H2,1-3H3,(H,25,28)/t22-/m0/s1. The summed E-state index contributed by atoms with van der Waals surface area (Å²) in [6, 6.07) is 14.0. The summed E-state index contributed by atoms with van der Waals surface area (Å²) in [4.78, 5) is 20.6. The van der Waals surface area contributed by atoms with Crippen molar-refractivity contribution in [1.82, 2.24) is 9.80 Å². The topological polar surface area (TPSA) is 35.6 Å². The Morgan fingerprint density at radius 1 is 1.07 bits per heavy atom. The summed E-state index contributed by atoms with van der Waals surface area (Å²) in [5.74, 6) is -0.0427. The lowest BCUT2D eigenvalue weighted by Crippen LogP contribution is -2.47. The number of aryl methyl sites for hydroxylation is 1. The van der Waals surface area contributed by atoms with E-state index in [0.29, 0.717) is 5.56 Å². The first-order chi connectivity index (χ1) is 14.6. The lowest BCUT2D eigenvalue weighted by molar-refractivity contribution is 0.102. The lowest BCUT2D eigenvalue weighted by atomic mass is 9.99. The predicted molar refractivity (Wildman–Crippen MR) is 128 cm³/mol. The van der Waals surface area contributed by atoms with E-state index in [1.54, 1.807) is 22.7 Å². The first-order valence-electron chi connectivity index (χ1n) is 10.5. The van der Waals surface area contributed by atoms with E-state index in [2.05, 4.69) is 53.4 Å². The number of hydrogen-bond acceptors (Lipinski definition) is 5. The molecule has 30 heavy (non-hydrogen) atoms. The summed E-state index contributed by atoms with van der Waals surface area (Å²) in [7, 11) is 0.